The molecule has 1 aromatic carbocycles. The number of tetrazole rings is 1. The van der Waals surface area contributed by atoms with E-state index in [-0.39, 0.29) is 12.2 Å². The van der Waals surface area contributed by atoms with Crippen LogP contribution in [0.5, 0.6) is 0 Å². The van der Waals surface area contributed by atoms with Crippen LogP contribution >= 0.6 is 0 Å². The number of esters is 1. The molecular formula is C13H13N5O5. The molecule has 0 radical (unpaired) electrons. The highest BCUT2D eigenvalue weighted by molar-refractivity contribution is 5.97. The molecule has 2 amide bonds. The van der Waals surface area contributed by atoms with Crippen molar-refractivity contribution >= 4 is 18.0 Å². The second-order valence-electron chi connectivity index (χ2n) is 4.12. The van der Waals surface area contributed by atoms with Crippen LogP contribution in [0.15, 0.2) is 30.6 Å². The lowest BCUT2D eigenvalue weighted by molar-refractivity contribution is -0.123. The van der Waals surface area contributed by atoms with Crippen molar-refractivity contribution in [2.45, 2.75) is 6.92 Å². The zero-order valence-corrected chi connectivity index (χ0v) is 12.1. The Hall–Kier alpha value is -3.30. The lowest BCUT2D eigenvalue weighted by Crippen LogP contribution is -2.34. The molecule has 0 fully saturated rings. The van der Waals surface area contributed by atoms with Gasteiger partial charge in [-0.25, -0.2) is 9.59 Å². The fourth-order valence-electron chi connectivity index (χ4n) is 1.64. The number of hydrogen-bond acceptors (Lipinski definition) is 8. The summed E-state index contributed by atoms with van der Waals surface area (Å²) in [5, 5.41) is 12.6. The zero-order chi connectivity index (χ0) is 16.7. The minimum atomic E-state index is -0.900. The van der Waals surface area contributed by atoms with Crippen LogP contribution in [-0.4, -0.2) is 51.4 Å². The van der Waals surface area contributed by atoms with E-state index >= 15 is 0 Å². The number of rotatable bonds is 5. The molecule has 120 valence electrons. The van der Waals surface area contributed by atoms with Gasteiger partial charge in [0, 0.05) is 0 Å². The van der Waals surface area contributed by atoms with Crippen molar-refractivity contribution in [1.29, 1.82) is 0 Å². The van der Waals surface area contributed by atoms with Crippen LogP contribution in [0.1, 0.15) is 17.3 Å². The Morgan fingerprint density at radius 1 is 1.22 bits per heavy atom. The van der Waals surface area contributed by atoms with Crippen molar-refractivity contribution in [2.24, 2.45) is 0 Å². The second-order valence-corrected chi connectivity index (χ2v) is 4.12. The minimum Gasteiger partial charge on any atom is -0.452 e. The smallest absolute Gasteiger partial charge is 0.413 e. The molecule has 0 aliphatic heterocycles. The molecule has 0 bridgehead atoms. The minimum absolute atomic E-state index is 0.123. The number of amides is 2. The van der Waals surface area contributed by atoms with Crippen LogP contribution in [0.3, 0.4) is 0 Å². The third kappa shape index (κ3) is 4.33. The standard InChI is InChI=1S/C13H13N5O5/c1-2-22-13(21)15-11(19)7-23-12(20)9-5-3-4-6-10(9)18-8-14-16-17-18/h3-6,8H,2,7H2,1H3,(H,15,19,21). The quantitative estimate of drug-likeness (QED) is 0.769. The maximum atomic E-state index is 12.1. The maximum absolute atomic E-state index is 12.1. The van der Waals surface area contributed by atoms with Crippen molar-refractivity contribution in [3.63, 3.8) is 0 Å². The summed E-state index contributed by atoms with van der Waals surface area (Å²) in [5.41, 5.74) is 0.567. The van der Waals surface area contributed by atoms with E-state index in [1.807, 2.05) is 5.32 Å². The molecule has 10 heteroatoms. The Labute approximate surface area is 130 Å². The molecule has 0 saturated heterocycles. The number of nitrogens with one attached hydrogen (secondary N) is 1. The van der Waals surface area contributed by atoms with Gasteiger partial charge in [-0.1, -0.05) is 12.1 Å². The SMILES string of the molecule is CCOC(=O)NC(=O)COC(=O)c1ccccc1-n1cnnn1. The third-order valence-electron chi connectivity index (χ3n) is 2.57. The van der Waals surface area contributed by atoms with Crippen LogP contribution in [0.4, 0.5) is 4.79 Å². The normalized spacial score (nSPS) is 9.96. The average molecular weight is 319 g/mol. The Morgan fingerprint density at radius 2 is 2.00 bits per heavy atom. The van der Waals surface area contributed by atoms with Crippen LogP contribution in [0, 0.1) is 0 Å². The summed E-state index contributed by atoms with van der Waals surface area (Å²) in [6.45, 7) is 1.10. The first-order valence-corrected chi connectivity index (χ1v) is 6.58. The molecule has 0 saturated carbocycles. The van der Waals surface area contributed by atoms with E-state index in [1.165, 1.54) is 17.1 Å². The van der Waals surface area contributed by atoms with Crippen LogP contribution in [0.2, 0.25) is 0 Å². The summed E-state index contributed by atoms with van der Waals surface area (Å²) in [6.07, 6.45) is 0.419. The molecule has 2 rings (SSSR count). The maximum Gasteiger partial charge on any atom is 0.413 e. The van der Waals surface area contributed by atoms with Gasteiger partial charge >= 0.3 is 12.1 Å². The van der Waals surface area contributed by atoms with Gasteiger partial charge in [-0.15, -0.1) is 5.10 Å². The Balaban J connectivity index is 1.99. The van der Waals surface area contributed by atoms with Crippen molar-refractivity contribution in [1.82, 2.24) is 25.5 Å². The van der Waals surface area contributed by atoms with Gasteiger partial charge in [0.1, 0.15) is 6.33 Å². The molecule has 0 unspecified atom stereocenters. The van der Waals surface area contributed by atoms with E-state index < -0.39 is 24.6 Å². The molecule has 0 spiro atoms. The predicted molar refractivity (Wildman–Crippen MR) is 74.6 cm³/mol. The van der Waals surface area contributed by atoms with Crippen LogP contribution in [0.25, 0.3) is 5.69 Å². The molecule has 10 nitrogen and oxygen atoms in total. The fraction of sp³-hybridized carbons (Fsp3) is 0.231. The van der Waals surface area contributed by atoms with Gasteiger partial charge in [-0.2, -0.15) is 4.68 Å². The first kappa shape index (κ1) is 16.1. The number of para-hydroxylation sites is 1. The summed E-state index contributed by atoms with van der Waals surface area (Å²) in [7, 11) is 0. The molecule has 2 aromatic rings. The van der Waals surface area contributed by atoms with Crippen molar-refractivity contribution in [2.75, 3.05) is 13.2 Å². The topological polar surface area (TPSA) is 125 Å². The number of aromatic nitrogens is 4. The van der Waals surface area contributed by atoms with E-state index in [1.54, 1.807) is 25.1 Å². The van der Waals surface area contributed by atoms with Gasteiger partial charge in [0.15, 0.2) is 6.61 Å². The van der Waals surface area contributed by atoms with Gasteiger partial charge in [-0.05, 0) is 29.5 Å². The summed E-state index contributed by atoms with van der Waals surface area (Å²) >= 11 is 0. The summed E-state index contributed by atoms with van der Waals surface area (Å²) in [4.78, 5) is 34.6. The highest BCUT2D eigenvalue weighted by Crippen LogP contribution is 2.13. The van der Waals surface area contributed by atoms with E-state index in [0.29, 0.717) is 5.69 Å². The molecule has 1 heterocycles. The van der Waals surface area contributed by atoms with Crippen LogP contribution in [-0.2, 0) is 14.3 Å². The molecule has 0 aliphatic rings. The molecule has 1 N–H and O–H groups in total. The van der Waals surface area contributed by atoms with E-state index in [0.717, 1.165) is 0 Å². The van der Waals surface area contributed by atoms with Gasteiger partial charge in [-0.3, -0.25) is 10.1 Å². The lowest BCUT2D eigenvalue weighted by Gasteiger charge is -2.08. The van der Waals surface area contributed by atoms with Crippen molar-refractivity contribution in [3.8, 4) is 5.69 Å². The van der Waals surface area contributed by atoms with Gasteiger partial charge in [0.2, 0.25) is 0 Å². The monoisotopic (exact) mass is 319 g/mol. The van der Waals surface area contributed by atoms with Crippen molar-refractivity contribution in [3.05, 3.63) is 36.2 Å². The largest absolute Gasteiger partial charge is 0.452 e. The molecule has 0 aliphatic carbocycles. The second kappa shape index (κ2) is 7.64. The first-order chi connectivity index (χ1) is 11.1. The van der Waals surface area contributed by atoms with Gasteiger partial charge < -0.3 is 9.47 Å². The van der Waals surface area contributed by atoms with E-state index in [2.05, 4.69) is 20.3 Å². The summed E-state index contributed by atoms with van der Waals surface area (Å²) < 4.78 is 10.7. The Bertz CT molecular complexity index is 701. The summed E-state index contributed by atoms with van der Waals surface area (Å²) in [5.74, 6) is -1.55. The molecular weight excluding hydrogens is 306 g/mol. The lowest BCUT2D eigenvalue weighted by atomic mass is 10.2. The molecule has 1 aromatic heterocycles. The number of carbonyl (C=O) groups excluding carboxylic acids is 3. The number of benzene rings is 1. The van der Waals surface area contributed by atoms with Gasteiger partial charge in [0.25, 0.3) is 5.91 Å². The van der Waals surface area contributed by atoms with Crippen LogP contribution < -0.4 is 5.32 Å². The average Bonchev–Trinajstić information content (AvgIpc) is 3.07. The number of alkyl carbamates (subject to hydrolysis) is 1. The van der Waals surface area contributed by atoms with Crippen molar-refractivity contribution < 1.29 is 23.9 Å². The number of ether oxygens (including phenoxy) is 2. The zero-order valence-electron chi connectivity index (χ0n) is 12.1. The van der Waals surface area contributed by atoms with Gasteiger partial charge in [0.05, 0.1) is 17.9 Å². The van der Waals surface area contributed by atoms with E-state index in [9.17, 15) is 14.4 Å². The van der Waals surface area contributed by atoms with E-state index in [4.69, 9.17) is 4.74 Å². The predicted octanol–water partition coefficient (Wildman–Crippen LogP) is 0.0918. The number of hydrogen-bond donors (Lipinski definition) is 1. The number of nitrogens with zero attached hydrogens (tertiary/aromatic N) is 4. The highest BCUT2D eigenvalue weighted by atomic mass is 16.6. The Morgan fingerprint density at radius 3 is 2.70 bits per heavy atom. The first-order valence-electron chi connectivity index (χ1n) is 6.58. The Kier molecular flexibility index (Phi) is 5.34. The fourth-order valence-corrected chi connectivity index (χ4v) is 1.64. The summed E-state index contributed by atoms with van der Waals surface area (Å²) in [6, 6.07) is 6.44. The highest BCUT2D eigenvalue weighted by Gasteiger charge is 2.17. The molecule has 0 atom stereocenters. The number of imide groups is 1. The third-order valence-corrected chi connectivity index (χ3v) is 2.57. The number of carbonyl (C=O) groups is 3. The molecule has 23 heavy (non-hydrogen) atoms.